The third-order valence-electron chi connectivity index (χ3n) is 6.51. The number of urea groups is 2. The molecular formula is C22H33N5O3. The van der Waals surface area contributed by atoms with Gasteiger partial charge in [-0.2, -0.15) is 0 Å². The summed E-state index contributed by atoms with van der Waals surface area (Å²) in [6.45, 7) is 5.70. The molecule has 0 atom stereocenters. The molecule has 4 amide bonds. The first-order valence-corrected chi connectivity index (χ1v) is 10.8. The second kappa shape index (κ2) is 8.34. The highest BCUT2D eigenvalue weighted by Crippen LogP contribution is 2.36. The van der Waals surface area contributed by atoms with Gasteiger partial charge in [-0.05, 0) is 13.1 Å². The largest absolute Gasteiger partial charge is 0.485 e. The minimum Gasteiger partial charge on any atom is -0.485 e. The fraction of sp³-hybridized carbons (Fsp3) is 0.636. The van der Waals surface area contributed by atoms with Crippen molar-refractivity contribution in [3.8, 4) is 5.75 Å². The monoisotopic (exact) mass is 415 g/mol. The number of piperazine rings is 1. The number of fused-ring (bicyclic) bond motifs is 1. The van der Waals surface area contributed by atoms with Crippen molar-refractivity contribution in [3.05, 3.63) is 29.8 Å². The van der Waals surface area contributed by atoms with E-state index in [1.165, 1.54) is 0 Å². The van der Waals surface area contributed by atoms with E-state index in [1.54, 1.807) is 19.0 Å². The van der Waals surface area contributed by atoms with Gasteiger partial charge in [0.2, 0.25) is 0 Å². The number of likely N-dealkylation sites (tertiary alicyclic amines) is 1. The summed E-state index contributed by atoms with van der Waals surface area (Å²) in [5.41, 5.74) is 0.585. The van der Waals surface area contributed by atoms with E-state index in [2.05, 4.69) is 11.9 Å². The molecule has 2 saturated heterocycles. The van der Waals surface area contributed by atoms with Crippen LogP contribution in [0.1, 0.15) is 18.4 Å². The van der Waals surface area contributed by atoms with Crippen LogP contribution in [0.3, 0.4) is 0 Å². The normalized spacial score (nSPS) is 21.6. The number of carbonyl (C=O) groups excluding carboxylic acids is 2. The van der Waals surface area contributed by atoms with Crippen molar-refractivity contribution >= 4 is 12.1 Å². The molecule has 0 N–H and O–H groups in total. The summed E-state index contributed by atoms with van der Waals surface area (Å²) in [6.07, 6.45) is 1.43. The molecule has 8 nitrogen and oxygen atoms in total. The molecule has 0 radical (unpaired) electrons. The summed E-state index contributed by atoms with van der Waals surface area (Å²) in [5, 5.41) is 0. The van der Waals surface area contributed by atoms with Crippen LogP contribution in [-0.4, -0.2) is 109 Å². The molecule has 3 heterocycles. The first-order chi connectivity index (χ1) is 14.4. The van der Waals surface area contributed by atoms with Crippen molar-refractivity contribution in [2.24, 2.45) is 0 Å². The Labute approximate surface area is 178 Å². The number of carbonyl (C=O) groups is 2. The average Bonchev–Trinajstić information content (AvgIpc) is 2.90. The Morgan fingerprint density at radius 1 is 0.933 bits per heavy atom. The van der Waals surface area contributed by atoms with Crippen LogP contribution in [0.25, 0.3) is 0 Å². The van der Waals surface area contributed by atoms with Crippen LogP contribution >= 0.6 is 0 Å². The number of piperidine rings is 1. The second-order valence-electron chi connectivity index (χ2n) is 8.99. The summed E-state index contributed by atoms with van der Waals surface area (Å²) >= 11 is 0. The topological polar surface area (TPSA) is 59.6 Å². The van der Waals surface area contributed by atoms with Crippen LogP contribution in [0, 0.1) is 0 Å². The lowest BCUT2D eigenvalue weighted by atomic mass is 9.90. The van der Waals surface area contributed by atoms with E-state index < -0.39 is 5.60 Å². The van der Waals surface area contributed by atoms with Crippen molar-refractivity contribution in [1.29, 1.82) is 0 Å². The summed E-state index contributed by atoms with van der Waals surface area (Å²) < 4.78 is 6.59. The predicted octanol–water partition coefficient (Wildman–Crippen LogP) is 1.76. The van der Waals surface area contributed by atoms with Crippen molar-refractivity contribution < 1.29 is 14.3 Å². The SMILES string of the molecule is CN1CCN(C(=O)N2Cc3ccccc3OC3(CCN(C(=O)N(C)C)CC3)C2)CC1. The van der Waals surface area contributed by atoms with E-state index >= 15 is 0 Å². The zero-order valence-corrected chi connectivity index (χ0v) is 18.3. The lowest BCUT2D eigenvalue weighted by Gasteiger charge is -2.44. The van der Waals surface area contributed by atoms with E-state index in [-0.39, 0.29) is 12.1 Å². The van der Waals surface area contributed by atoms with Gasteiger partial charge in [-0.25, -0.2) is 9.59 Å². The molecule has 1 spiro atoms. The van der Waals surface area contributed by atoms with Crippen molar-refractivity contribution in [1.82, 2.24) is 24.5 Å². The van der Waals surface area contributed by atoms with Crippen LogP contribution in [-0.2, 0) is 6.54 Å². The molecule has 2 fully saturated rings. The first-order valence-electron chi connectivity index (χ1n) is 10.8. The van der Waals surface area contributed by atoms with E-state index in [4.69, 9.17) is 4.74 Å². The highest BCUT2D eigenvalue weighted by Gasteiger charge is 2.43. The number of para-hydroxylation sites is 1. The Morgan fingerprint density at radius 3 is 2.27 bits per heavy atom. The van der Waals surface area contributed by atoms with Crippen LogP contribution in [0.2, 0.25) is 0 Å². The average molecular weight is 416 g/mol. The van der Waals surface area contributed by atoms with Crippen LogP contribution in [0.4, 0.5) is 9.59 Å². The van der Waals surface area contributed by atoms with Gasteiger partial charge >= 0.3 is 12.1 Å². The molecule has 0 unspecified atom stereocenters. The summed E-state index contributed by atoms with van der Waals surface area (Å²) in [4.78, 5) is 35.5. The van der Waals surface area contributed by atoms with Gasteiger partial charge in [0, 0.05) is 71.8 Å². The van der Waals surface area contributed by atoms with Gasteiger partial charge in [-0.3, -0.25) is 0 Å². The maximum absolute atomic E-state index is 13.4. The van der Waals surface area contributed by atoms with Gasteiger partial charge in [-0.1, -0.05) is 18.2 Å². The van der Waals surface area contributed by atoms with Crippen LogP contribution < -0.4 is 4.74 Å². The van der Waals surface area contributed by atoms with Gasteiger partial charge < -0.3 is 29.2 Å². The Hall–Kier alpha value is -2.48. The minimum absolute atomic E-state index is 0.0317. The van der Waals surface area contributed by atoms with Crippen molar-refractivity contribution in [3.63, 3.8) is 0 Å². The van der Waals surface area contributed by atoms with Crippen LogP contribution in [0.15, 0.2) is 24.3 Å². The molecule has 164 valence electrons. The molecule has 1 aromatic carbocycles. The molecule has 4 rings (SSSR count). The van der Waals surface area contributed by atoms with Gasteiger partial charge in [-0.15, -0.1) is 0 Å². The number of rotatable bonds is 0. The Bertz CT molecular complexity index is 783. The Balaban J connectivity index is 1.54. The molecule has 30 heavy (non-hydrogen) atoms. The number of hydrogen-bond donors (Lipinski definition) is 0. The van der Waals surface area contributed by atoms with E-state index in [1.807, 2.05) is 39.0 Å². The van der Waals surface area contributed by atoms with E-state index in [9.17, 15) is 9.59 Å². The summed E-state index contributed by atoms with van der Waals surface area (Å²) in [5.74, 6) is 0.860. The summed E-state index contributed by atoms with van der Waals surface area (Å²) in [6, 6.07) is 8.15. The number of amides is 4. The first kappa shape index (κ1) is 20.8. The number of ether oxygens (including phenoxy) is 1. The van der Waals surface area contributed by atoms with Gasteiger partial charge in [0.15, 0.2) is 0 Å². The number of benzene rings is 1. The number of nitrogens with zero attached hydrogens (tertiary/aromatic N) is 5. The predicted molar refractivity (Wildman–Crippen MR) is 115 cm³/mol. The zero-order valence-electron chi connectivity index (χ0n) is 18.3. The molecule has 0 aromatic heterocycles. The fourth-order valence-corrected chi connectivity index (χ4v) is 4.59. The van der Waals surface area contributed by atoms with Crippen molar-refractivity contribution in [2.45, 2.75) is 25.0 Å². The lowest BCUT2D eigenvalue weighted by molar-refractivity contribution is -0.00844. The van der Waals surface area contributed by atoms with E-state index in [0.29, 0.717) is 39.0 Å². The maximum Gasteiger partial charge on any atom is 0.320 e. The van der Waals surface area contributed by atoms with Gasteiger partial charge in [0.1, 0.15) is 11.4 Å². The Kier molecular flexibility index (Phi) is 5.77. The molecular weight excluding hydrogens is 382 g/mol. The quantitative estimate of drug-likeness (QED) is 0.648. The number of likely N-dealkylation sites (N-methyl/N-ethyl adjacent to an activating group) is 1. The summed E-state index contributed by atoms with van der Waals surface area (Å²) in [7, 11) is 5.65. The zero-order chi connectivity index (χ0) is 21.3. The fourth-order valence-electron chi connectivity index (χ4n) is 4.59. The molecule has 0 bridgehead atoms. The Morgan fingerprint density at radius 2 is 1.60 bits per heavy atom. The molecule has 0 aliphatic carbocycles. The van der Waals surface area contributed by atoms with Gasteiger partial charge in [0.25, 0.3) is 0 Å². The third-order valence-corrected chi connectivity index (χ3v) is 6.51. The smallest absolute Gasteiger partial charge is 0.320 e. The molecule has 8 heteroatoms. The highest BCUT2D eigenvalue weighted by atomic mass is 16.5. The highest BCUT2D eigenvalue weighted by molar-refractivity contribution is 5.75. The molecule has 3 aliphatic heterocycles. The van der Waals surface area contributed by atoms with E-state index in [0.717, 1.165) is 37.5 Å². The maximum atomic E-state index is 13.4. The minimum atomic E-state index is -0.460. The third kappa shape index (κ3) is 4.19. The standard InChI is InChI=1S/C22H33N5O3/c1-23(2)20(28)25-10-8-22(9-11-25)17-27(16-18-6-4-5-7-19(18)30-22)21(29)26-14-12-24(3)13-15-26/h4-7H,8-17H2,1-3H3. The van der Waals surface area contributed by atoms with Gasteiger partial charge in [0.05, 0.1) is 13.1 Å². The molecule has 3 aliphatic rings. The second-order valence-corrected chi connectivity index (χ2v) is 8.99. The van der Waals surface area contributed by atoms with Crippen LogP contribution in [0.5, 0.6) is 5.75 Å². The molecule has 0 saturated carbocycles. The molecule has 1 aromatic rings. The lowest BCUT2D eigenvalue weighted by Crippen LogP contribution is -2.58. The van der Waals surface area contributed by atoms with Crippen molar-refractivity contribution in [2.75, 3.05) is 67.0 Å². The number of hydrogen-bond acceptors (Lipinski definition) is 4.